The van der Waals surface area contributed by atoms with Crippen molar-refractivity contribution in [2.24, 2.45) is 0 Å². The van der Waals surface area contributed by atoms with Crippen LogP contribution in [-0.2, 0) is 13.1 Å². The Bertz CT molecular complexity index is 1350. The van der Waals surface area contributed by atoms with Crippen LogP contribution in [0.15, 0.2) is 84.9 Å². The van der Waals surface area contributed by atoms with Gasteiger partial charge in [0.15, 0.2) is 0 Å². The molecule has 0 atom stereocenters. The molecule has 162 valence electrons. The van der Waals surface area contributed by atoms with Crippen molar-refractivity contribution in [2.45, 2.75) is 13.1 Å². The average molecular weight is 432 g/mol. The largest absolute Gasteiger partial charge is 0.337 e. The summed E-state index contributed by atoms with van der Waals surface area (Å²) < 4.78 is 0. The minimum Gasteiger partial charge on any atom is -0.337 e. The molecular formula is C29H25N3O. The molecule has 4 aromatic carbocycles. The predicted molar refractivity (Wildman–Crippen MR) is 132 cm³/mol. The Labute approximate surface area is 194 Å². The molecule has 5 rings (SSSR count). The van der Waals surface area contributed by atoms with Gasteiger partial charge in [-0.1, -0.05) is 54.6 Å². The Kier molecular flexibility index (Phi) is 5.64. The second-order valence-corrected chi connectivity index (χ2v) is 8.68. The van der Waals surface area contributed by atoms with Crippen LogP contribution in [0.25, 0.3) is 21.9 Å². The summed E-state index contributed by atoms with van der Waals surface area (Å²) in [4.78, 5) is 17.3. The van der Waals surface area contributed by atoms with Crippen LogP contribution in [0.1, 0.15) is 27.0 Å². The minimum absolute atomic E-state index is 0.00321. The number of nitriles is 1. The van der Waals surface area contributed by atoms with Crippen LogP contribution in [0.3, 0.4) is 0 Å². The number of nitrogens with zero attached hydrogens (tertiary/aromatic N) is 3. The molecule has 33 heavy (non-hydrogen) atoms. The van der Waals surface area contributed by atoms with Crippen LogP contribution < -0.4 is 0 Å². The average Bonchev–Trinajstić information content (AvgIpc) is 3.68. The number of hydrogen-bond acceptors (Lipinski definition) is 3. The van der Waals surface area contributed by atoms with E-state index in [4.69, 9.17) is 5.26 Å². The number of carbonyl (C=O) groups is 1. The van der Waals surface area contributed by atoms with Gasteiger partial charge in [-0.25, -0.2) is 0 Å². The van der Waals surface area contributed by atoms with Crippen molar-refractivity contribution in [3.8, 4) is 17.2 Å². The molecule has 4 aromatic rings. The molecular weight excluding hydrogens is 406 g/mol. The molecule has 0 saturated carbocycles. The third-order valence-electron chi connectivity index (χ3n) is 6.21. The highest BCUT2D eigenvalue weighted by Crippen LogP contribution is 2.24. The Morgan fingerprint density at radius 1 is 0.939 bits per heavy atom. The van der Waals surface area contributed by atoms with Crippen LogP contribution in [-0.4, -0.2) is 35.8 Å². The second-order valence-electron chi connectivity index (χ2n) is 8.68. The van der Waals surface area contributed by atoms with Crippen molar-refractivity contribution < 1.29 is 4.79 Å². The van der Waals surface area contributed by atoms with Gasteiger partial charge in [-0.15, -0.1) is 0 Å². The Balaban J connectivity index is 1.31. The zero-order valence-corrected chi connectivity index (χ0v) is 18.7. The van der Waals surface area contributed by atoms with Gasteiger partial charge in [0.2, 0.25) is 0 Å². The van der Waals surface area contributed by atoms with E-state index in [-0.39, 0.29) is 5.91 Å². The smallest absolute Gasteiger partial charge is 0.253 e. The van der Waals surface area contributed by atoms with Gasteiger partial charge in [0.1, 0.15) is 0 Å². The molecule has 0 aromatic heterocycles. The molecule has 0 unspecified atom stereocenters. The van der Waals surface area contributed by atoms with Crippen LogP contribution in [0.2, 0.25) is 0 Å². The number of fused-ring (bicyclic) bond motifs is 1. The first-order valence-electron chi connectivity index (χ1n) is 11.2. The highest BCUT2D eigenvalue weighted by atomic mass is 16.2. The van der Waals surface area contributed by atoms with Crippen LogP contribution in [0, 0.1) is 11.3 Å². The van der Waals surface area contributed by atoms with Gasteiger partial charge in [0, 0.05) is 38.8 Å². The van der Waals surface area contributed by atoms with E-state index in [1.54, 1.807) is 17.0 Å². The number of benzene rings is 4. The molecule has 1 aliphatic rings. The Hall–Kier alpha value is -3.94. The van der Waals surface area contributed by atoms with Crippen LogP contribution in [0.5, 0.6) is 0 Å². The zero-order chi connectivity index (χ0) is 22.8. The van der Waals surface area contributed by atoms with E-state index in [1.807, 2.05) is 43.4 Å². The Morgan fingerprint density at radius 3 is 2.30 bits per heavy atom. The van der Waals surface area contributed by atoms with E-state index in [2.05, 4.69) is 47.4 Å². The first kappa shape index (κ1) is 20.9. The second kappa shape index (κ2) is 8.90. The Morgan fingerprint density at radius 2 is 1.64 bits per heavy atom. The van der Waals surface area contributed by atoms with Crippen molar-refractivity contribution in [3.05, 3.63) is 107 Å². The molecule has 1 saturated heterocycles. The fourth-order valence-electron chi connectivity index (χ4n) is 4.21. The first-order valence-corrected chi connectivity index (χ1v) is 11.2. The molecule has 4 nitrogen and oxygen atoms in total. The number of amides is 1. The van der Waals surface area contributed by atoms with E-state index >= 15 is 0 Å². The molecule has 0 aliphatic carbocycles. The SMILES string of the molecule is CN(Cc1cccc2cc(CN3CC3)ccc12)C(=O)c1ccc(-c2ccc(C#N)cc2)cc1. The van der Waals surface area contributed by atoms with Crippen molar-refractivity contribution in [3.63, 3.8) is 0 Å². The van der Waals surface area contributed by atoms with Crippen LogP contribution in [0.4, 0.5) is 0 Å². The summed E-state index contributed by atoms with van der Waals surface area (Å²) in [6.45, 7) is 3.95. The fourth-order valence-corrected chi connectivity index (χ4v) is 4.21. The lowest BCUT2D eigenvalue weighted by Crippen LogP contribution is -2.26. The number of hydrogen-bond donors (Lipinski definition) is 0. The summed E-state index contributed by atoms with van der Waals surface area (Å²) in [6.07, 6.45) is 0. The molecule has 0 spiro atoms. The van der Waals surface area contributed by atoms with Gasteiger partial charge in [0.05, 0.1) is 11.6 Å². The summed E-state index contributed by atoms with van der Waals surface area (Å²) >= 11 is 0. The topological polar surface area (TPSA) is 47.1 Å². The molecule has 0 radical (unpaired) electrons. The highest BCUT2D eigenvalue weighted by molar-refractivity contribution is 5.95. The van der Waals surface area contributed by atoms with Gasteiger partial charge in [-0.2, -0.15) is 5.26 Å². The quantitative estimate of drug-likeness (QED) is 0.381. The molecule has 0 N–H and O–H groups in total. The molecule has 0 bridgehead atoms. The van der Waals surface area contributed by atoms with Crippen molar-refractivity contribution in [1.29, 1.82) is 5.26 Å². The van der Waals surface area contributed by atoms with E-state index in [0.29, 0.717) is 17.7 Å². The lowest BCUT2D eigenvalue weighted by atomic mass is 10.0. The number of carbonyl (C=O) groups excluding carboxylic acids is 1. The lowest BCUT2D eigenvalue weighted by molar-refractivity contribution is 0.0785. The predicted octanol–water partition coefficient (Wildman–Crippen LogP) is 5.47. The van der Waals surface area contributed by atoms with Crippen LogP contribution >= 0.6 is 0 Å². The standard InChI is InChI=1S/C29H25N3O/c1-31(20-27-4-2-3-26-17-22(7-14-28(26)27)19-32-15-16-32)29(33)25-12-10-24(11-13-25)23-8-5-21(18-30)6-9-23/h2-14,17H,15-16,19-20H2,1H3. The number of rotatable bonds is 6. The summed E-state index contributed by atoms with van der Waals surface area (Å²) in [6, 6.07) is 30.2. The maximum absolute atomic E-state index is 13.1. The third kappa shape index (κ3) is 4.64. The summed E-state index contributed by atoms with van der Waals surface area (Å²) in [5.41, 5.74) is 5.83. The summed E-state index contributed by atoms with van der Waals surface area (Å²) in [7, 11) is 1.85. The van der Waals surface area contributed by atoms with E-state index < -0.39 is 0 Å². The maximum Gasteiger partial charge on any atom is 0.253 e. The van der Waals surface area contributed by atoms with Crippen molar-refractivity contribution in [2.75, 3.05) is 20.1 Å². The summed E-state index contributed by atoms with van der Waals surface area (Å²) in [5, 5.41) is 11.4. The van der Waals surface area contributed by atoms with E-state index in [1.165, 1.54) is 29.4 Å². The monoisotopic (exact) mass is 431 g/mol. The van der Waals surface area contributed by atoms with Gasteiger partial charge < -0.3 is 4.90 Å². The normalized spacial score (nSPS) is 13.0. The molecule has 1 aliphatic heterocycles. The van der Waals surface area contributed by atoms with Gasteiger partial charge in [-0.05, 0) is 63.4 Å². The lowest BCUT2D eigenvalue weighted by Gasteiger charge is -2.19. The third-order valence-corrected chi connectivity index (χ3v) is 6.21. The maximum atomic E-state index is 13.1. The van der Waals surface area contributed by atoms with Gasteiger partial charge in [-0.3, -0.25) is 9.69 Å². The van der Waals surface area contributed by atoms with E-state index in [9.17, 15) is 4.79 Å². The van der Waals surface area contributed by atoms with Crippen molar-refractivity contribution in [1.82, 2.24) is 9.80 Å². The highest BCUT2D eigenvalue weighted by Gasteiger charge is 2.17. The minimum atomic E-state index is -0.00321. The fraction of sp³-hybridized carbons (Fsp3) is 0.172. The molecule has 4 heteroatoms. The zero-order valence-electron chi connectivity index (χ0n) is 18.7. The van der Waals surface area contributed by atoms with Gasteiger partial charge >= 0.3 is 0 Å². The first-order chi connectivity index (χ1) is 16.1. The van der Waals surface area contributed by atoms with E-state index in [0.717, 1.165) is 23.2 Å². The van der Waals surface area contributed by atoms with Gasteiger partial charge in [0.25, 0.3) is 5.91 Å². The molecule has 1 fully saturated rings. The molecule has 1 heterocycles. The van der Waals surface area contributed by atoms with Crippen molar-refractivity contribution >= 4 is 16.7 Å². The molecule has 1 amide bonds. The summed E-state index contributed by atoms with van der Waals surface area (Å²) in [5.74, 6) is -0.00321.